The molecule has 0 fully saturated rings. The first-order valence-corrected chi connectivity index (χ1v) is 6.89. The fourth-order valence-corrected chi connectivity index (χ4v) is 1.93. The van der Waals surface area contributed by atoms with Gasteiger partial charge in [0, 0.05) is 6.54 Å². The summed E-state index contributed by atoms with van der Waals surface area (Å²) in [7, 11) is 0. The summed E-state index contributed by atoms with van der Waals surface area (Å²) in [6.07, 6.45) is 0.676. The Labute approximate surface area is 111 Å². The Morgan fingerprint density at radius 3 is 2.56 bits per heavy atom. The van der Waals surface area contributed by atoms with E-state index >= 15 is 0 Å². The third-order valence-electron chi connectivity index (χ3n) is 2.06. The quantitative estimate of drug-likeness (QED) is 0.388. The second-order valence-corrected chi connectivity index (χ2v) is 5.32. The standard InChI is InChI=1S/C11H20N2O4S/c1-8(2)5-12-10(15)6-18-4-3-9(11(16)17)13-7-14/h7-9H,3-6H2,1-2H3,(H,12,15)(H,13,14)(H,16,17). The zero-order chi connectivity index (χ0) is 14.0. The van der Waals surface area contributed by atoms with Gasteiger partial charge >= 0.3 is 5.97 Å². The second kappa shape index (κ2) is 9.76. The van der Waals surface area contributed by atoms with Crippen LogP contribution in [-0.2, 0) is 14.4 Å². The number of carbonyl (C=O) groups is 3. The zero-order valence-corrected chi connectivity index (χ0v) is 11.5. The summed E-state index contributed by atoms with van der Waals surface area (Å²) in [5, 5.41) is 13.7. The topological polar surface area (TPSA) is 95.5 Å². The first-order chi connectivity index (χ1) is 8.47. The maximum atomic E-state index is 11.3. The van der Waals surface area contributed by atoms with E-state index < -0.39 is 12.0 Å². The summed E-state index contributed by atoms with van der Waals surface area (Å²) in [5.41, 5.74) is 0. The molecule has 0 aliphatic carbocycles. The molecule has 6 nitrogen and oxygen atoms in total. The van der Waals surface area contributed by atoms with E-state index in [1.807, 2.05) is 13.8 Å². The molecule has 18 heavy (non-hydrogen) atoms. The van der Waals surface area contributed by atoms with Crippen LogP contribution in [-0.4, -0.2) is 47.5 Å². The maximum absolute atomic E-state index is 11.3. The number of aliphatic carboxylic acids is 1. The van der Waals surface area contributed by atoms with Gasteiger partial charge in [0.05, 0.1) is 5.75 Å². The highest BCUT2D eigenvalue weighted by atomic mass is 32.2. The molecule has 1 unspecified atom stereocenters. The van der Waals surface area contributed by atoms with Gasteiger partial charge < -0.3 is 15.7 Å². The summed E-state index contributed by atoms with van der Waals surface area (Å²) in [6, 6.07) is -0.881. The van der Waals surface area contributed by atoms with Crippen LogP contribution in [0.15, 0.2) is 0 Å². The monoisotopic (exact) mass is 276 g/mol. The fourth-order valence-electron chi connectivity index (χ4n) is 1.10. The van der Waals surface area contributed by atoms with E-state index in [-0.39, 0.29) is 5.91 Å². The Kier molecular flexibility index (Phi) is 9.08. The van der Waals surface area contributed by atoms with Crippen molar-refractivity contribution >= 4 is 30.0 Å². The normalized spacial score (nSPS) is 11.9. The van der Waals surface area contributed by atoms with Crippen LogP contribution in [0.5, 0.6) is 0 Å². The molecule has 0 aliphatic rings. The summed E-state index contributed by atoms with van der Waals surface area (Å²) in [5.74, 6) is 0.107. The molecule has 0 heterocycles. The molecule has 0 radical (unpaired) electrons. The molecule has 0 aromatic carbocycles. The number of amides is 2. The number of carboxylic acids is 1. The van der Waals surface area contributed by atoms with Crippen molar-refractivity contribution in [3.63, 3.8) is 0 Å². The highest BCUT2D eigenvalue weighted by molar-refractivity contribution is 7.99. The molecule has 1 atom stereocenters. The molecule has 0 aromatic heterocycles. The van der Waals surface area contributed by atoms with Gasteiger partial charge in [0.15, 0.2) is 0 Å². The lowest BCUT2D eigenvalue weighted by molar-refractivity contribution is -0.140. The van der Waals surface area contributed by atoms with Gasteiger partial charge in [0.2, 0.25) is 12.3 Å². The van der Waals surface area contributed by atoms with E-state index in [4.69, 9.17) is 5.11 Å². The summed E-state index contributed by atoms with van der Waals surface area (Å²) in [4.78, 5) is 32.2. The Balaban J connectivity index is 3.67. The minimum atomic E-state index is -1.06. The van der Waals surface area contributed by atoms with Crippen LogP contribution in [0.1, 0.15) is 20.3 Å². The highest BCUT2D eigenvalue weighted by Crippen LogP contribution is 2.05. The molecule has 0 bridgehead atoms. The Hall–Kier alpha value is -1.24. The fraction of sp³-hybridized carbons (Fsp3) is 0.727. The van der Waals surface area contributed by atoms with Crippen LogP contribution in [0, 0.1) is 5.92 Å². The lowest BCUT2D eigenvalue weighted by atomic mass is 10.2. The van der Waals surface area contributed by atoms with Crippen molar-refractivity contribution in [2.24, 2.45) is 5.92 Å². The van der Waals surface area contributed by atoms with Gasteiger partial charge in [0.1, 0.15) is 6.04 Å². The zero-order valence-electron chi connectivity index (χ0n) is 10.6. The predicted molar refractivity (Wildman–Crippen MR) is 70.4 cm³/mol. The van der Waals surface area contributed by atoms with Crippen LogP contribution in [0.3, 0.4) is 0 Å². The number of thioether (sulfide) groups is 1. The molecule has 7 heteroatoms. The van der Waals surface area contributed by atoms with Crippen molar-refractivity contribution in [2.45, 2.75) is 26.3 Å². The average molecular weight is 276 g/mol. The van der Waals surface area contributed by atoms with Crippen molar-refractivity contribution in [2.75, 3.05) is 18.1 Å². The minimum absolute atomic E-state index is 0.0519. The molecule has 3 N–H and O–H groups in total. The van der Waals surface area contributed by atoms with Crippen molar-refractivity contribution in [1.29, 1.82) is 0 Å². The van der Waals surface area contributed by atoms with Crippen LogP contribution >= 0.6 is 11.8 Å². The van der Waals surface area contributed by atoms with E-state index in [1.165, 1.54) is 11.8 Å². The van der Waals surface area contributed by atoms with Crippen molar-refractivity contribution in [1.82, 2.24) is 10.6 Å². The minimum Gasteiger partial charge on any atom is -0.480 e. The van der Waals surface area contributed by atoms with Gasteiger partial charge in [-0.05, 0) is 18.1 Å². The van der Waals surface area contributed by atoms with Gasteiger partial charge in [-0.3, -0.25) is 9.59 Å². The average Bonchev–Trinajstić information content (AvgIpc) is 2.30. The molecule has 0 aliphatic heterocycles. The number of carboxylic acid groups (broad SMARTS) is 1. The number of hydrogen-bond donors (Lipinski definition) is 3. The Bertz CT molecular complexity index is 284. The van der Waals surface area contributed by atoms with Gasteiger partial charge in [-0.1, -0.05) is 13.8 Å². The van der Waals surface area contributed by atoms with Crippen molar-refractivity contribution in [3.05, 3.63) is 0 Å². The van der Waals surface area contributed by atoms with Gasteiger partial charge in [-0.15, -0.1) is 0 Å². The smallest absolute Gasteiger partial charge is 0.326 e. The molecule has 104 valence electrons. The molecule has 0 aromatic rings. The van der Waals surface area contributed by atoms with E-state index in [0.29, 0.717) is 36.8 Å². The number of rotatable bonds is 10. The highest BCUT2D eigenvalue weighted by Gasteiger charge is 2.15. The second-order valence-electron chi connectivity index (χ2n) is 4.21. The summed E-state index contributed by atoms with van der Waals surface area (Å²) < 4.78 is 0. The largest absolute Gasteiger partial charge is 0.480 e. The van der Waals surface area contributed by atoms with E-state index in [0.717, 1.165) is 0 Å². The third kappa shape index (κ3) is 8.86. The Morgan fingerprint density at radius 1 is 1.39 bits per heavy atom. The molecule has 0 saturated carbocycles. The number of hydrogen-bond acceptors (Lipinski definition) is 4. The molecule has 0 rings (SSSR count). The van der Waals surface area contributed by atoms with Crippen LogP contribution in [0.25, 0.3) is 0 Å². The molecule has 0 spiro atoms. The lowest BCUT2D eigenvalue weighted by Crippen LogP contribution is -2.36. The first-order valence-electron chi connectivity index (χ1n) is 5.74. The predicted octanol–water partition coefficient (Wildman–Crippen LogP) is 0.0811. The van der Waals surface area contributed by atoms with Crippen LogP contribution in [0.2, 0.25) is 0 Å². The lowest BCUT2D eigenvalue weighted by Gasteiger charge is -2.10. The van der Waals surface area contributed by atoms with Crippen molar-refractivity contribution < 1.29 is 19.5 Å². The SMILES string of the molecule is CC(C)CNC(=O)CSCCC(NC=O)C(=O)O. The van der Waals surface area contributed by atoms with Gasteiger partial charge in [-0.2, -0.15) is 11.8 Å². The summed E-state index contributed by atoms with van der Waals surface area (Å²) in [6.45, 7) is 4.66. The maximum Gasteiger partial charge on any atom is 0.326 e. The third-order valence-corrected chi connectivity index (χ3v) is 3.05. The molecule has 2 amide bonds. The van der Waals surface area contributed by atoms with Gasteiger partial charge in [-0.25, -0.2) is 4.79 Å². The molecular weight excluding hydrogens is 256 g/mol. The number of carbonyl (C=O) groups excluding carboxylic acids is 2. The van der Waals surface area contributed by atoms with Crippen molar-refractivity contribution in [3.8, 4) is 0 Å². The number of nitrogens with one attached hydrogen (secondary N) is 2. The van der Waals surface area contributed by atoms with Crippen LogP contribution in [0.4, 0.5) is 0 Å². The van der Waals surface area contributed by atoms with E-state index in [2.05, 4.69) is 10.6 Å². The van der Waals surface area contributed by atoms with E-state index in [1.54, 1.807) is 0 Å². The molecular formula is C11H20N2O4S. The van der Waals surface area contributed by atoms with Gasteiger partial charge in [0.25, 0.3) is 0 Å². The van der Waals surface area contributed by atoms with Crippen LogP contribution < -0.4 is 10.6 Å². The molecule has 0 saturated heterocycles. The van der Waals surface area contributed by atoms with E-state index in [9.17, 15) is 14.4 Å². The summed E-state index contributed by atoms with van der Waals surface area (Å²) >= 11 is 1.35. The Morgan fingerprint density at radius 2 is 2.06 bits per heavy atom. The first kappa shape index (κ1) is 16.8.